The predicted octanol–water partition coefficient (Wildman–Crippen LogP) is 5.09. The van der Waals surface area contributed by atoms with Crippen LogP contribution in [0.3, 0.4) is 0 Å². The number of anilines is 1. The molecule has 3 aromatic carbocycles. The Balaban J connectivity index is 0.000000352. The summed E-state index contributed by atoms with van der Waals surface area (Å²) in [5.74, 6) is -5.16. The highest BCUT2D eigenvalue weighted by Gasteiger charge is 2.19. The molecule has 0 radical (unpaired) electrons. The Labute approximate surface area is 217 Å². The van der Waals surface area contributed by atoms with Crippen LogP contribution in [0.4, 0.5) is 27.6 Å². The summed E-state index contributed by atoms with van der Waals surface area (Å²) in [7, 11) is 4.84. The summed E-state index contributed by atoms with van der Waals surface area (Å²) in [4.78, 5) is 25.3. The fourth-order valence-corrected chi connectivity index (χ4v) is 3.63. The monoisotopic (exact) mass is 537 g/mol. The van der Waals surface area contributed by atoms with E-state index in [4.69, 9.17) is 0 Å². The number of nitrogens with zero attached hydrogens (tertiary/aromatic N) is 2. The molecule has 38 heavy (non-hydrogen) atoms. The number of phenolic OH excluding ortho intramolecular Hbond substituents is 1. The molecule has 204 valence electrons. The topological polar surface area (TPSA) is 72.9 Å². The van der Waals surface area contributed by atoms with Crippen molar-refractivity contribution in [3.8, 4) is 5.75 Å². The van der Waals surface area contributed by atoms with Gasteiger partial charge in [-0.25, -0.2) is 22.0 Å². The van der Waals surface area contributed by atoms with Gasteiger partial charge in [0.05, 0.1) is 6.04 Å². The van der Waals surface area contributed by atoms with Gasteiger partial charge in [0, 0.05) is 67.8 Å². The molecule has 0 aliphatic rings. The summed E-state index contributed by atoms with van der Waals surface area (Å²) in [5.41, 5.74) is 1.59. The molecule has 3 aromatic rings. The molecule has 1 amide bonds. The van der Waals surface area contributed by atoms with Crippen molar-refractivity contribution >= 4 is 18.4 Å². The van der Waals surface area contributed by atoms with Gasteiger partial charge < -0.3 is 20.2 Å². The Morgan fingerprint density at radius 2 is 1.58 bits per heavy atom. The maximum atomic E-state index is 14.0. The third-order valence-electron chi connectivity index (χ3n) is 5.78. The fourth-order valence-electron chi connectivity index (χ4n) is 3.63. The molecule has 0 aliphatic carbocycles. The summed E-state index contributed by atoms with van der Waals surface area (Å²) in [5, 5.41) is 12.1. The minimum absolute atomic E-state index is 0.0242. The molecule has 0 spiro atoms. The molecule has 0 bridgehead atoms. The van der Waals surface area contributed by atoms with Crippen LogP contribution in [0.25, 0.3) is 0 Å². The first-order valence-corrected chi connectivity index (χ1v) is 11.4. The van der Waals surface area contributed by atoms with Gasteiger partial charge in [-0.1, -0.05) is 12.1 Å². The van der Waals surface area contributed by atoms with Gasteiger partial charge in [-0.05, 0) is 31.7 Å². The van der Waals surface area contributed by atoms with Crippen LogP contribution in [0.1, 0.15) is 40.0 Å². The fraction of sp³-hybridized carbons (Fsp3) is 0.259. The van der Waals surface area contributed by atoms with Crippen molar-refractivity contribution in [1.82, 2.24) is 10.2 Å². The van der Waals surface area contributed by atoms with E-state index in [2.05, 4.69) is 5.32 Å². The van der Waals surface area contributed by atoms with E-state index in [9.17, 15) is 36.6 Å². The number of halogens is 5. The van der Waals surface area contributed by atoms with Gasteiger partial charge in [0.1, 0.15) is 29.5 Å². The lowest BCUT2D eigenvalue weighted by atomic mass is 10.0. The second-order valence-electron chi connectivity index (χ2n) is 8.52. The van der Waals surface area contributed by atoms with Crippen LogP contribution in [-0.2, 0) is 17.9 Å². The van der Waals surface area contributed by atoms with Crippen LogP contribution in [0.2, 0.25) is 0 Å². The number of rotatable bonds is 9. The number of benzene rings is 3. The largest absolute Gasteiger partial charge is 0.508 e. The van der Waals surface area contributed by atoms with E-state index in [1.807, 2.05) is 6.92 Å². The Hall–Kier alpha value is -3.99. The van der Waals surface area contributed by atoms with Crippen molar-refractivity contribution in [1.29, 1.82) is 0 Å². The van der Waals surface area contributed by atoms with Crippen LogP contribution < -0.4 is 10.2 Å². The molecule has 0 saturated carbocycles. The molecule has 1 atom stereocenters. The van der Waals surface area contributed by atoms with Gasteiger partial charge in [-0.2, -0.15) is 0 Å². The average Bonchev–Trinajstić information content (AvgIpc) is 2.88. The Morgan fingerprint density at radius 3 is 2.13 bits per heavy atom. The van der Waals surface area contributed by atoms with E-state index in [1.54, 1.807) is 44.2 Å². The number of aldehydes is 1. The van der Waals surface area contributed by atoms with Gasteiger partial charge in [0.15, 0.2) is 11.6 Å². The van der Waals surface area contributed by atoms with Crippen LogP contribution in [0.5, 0.6) is 5.75 Å². The summed E-state index contributed by atoms with van der Waals surface area (Å²) >= 11 is 0. The average molecular weight is 538 g/mol. The number of hydrogen-bond acceptors (Lipinski definition) is 5. The molecule has 0 heterocycles. The summed E-state index contributed by atoms with van der Waals surface area (Å²) < 4.78 is 65.5. The van der Waals surface area contributed by atoms with E-state index >= 15 is 0 Å². The Kier molecular flexibility index (Phi) is 10.8. The van der Waals surface area contributed by atoms with Crippen molar-refractivity contribution in [3.05, 3.63) is 93.8 Å². The van der Waals surface area contributed by atoms with Crippen LogP contribution in [0.15, 0.2) is 42.5 Å². The molecule has 0 aliphatic heterocycles. The number of carbonyl (C=O) groups is 2. The van der Waals surface area contributed by atoms with Crippen molar-refractivity contribution in [3.63, 3.8) is 0 Å². The zero-order chi connectivity index (χ0) is 28.6. The van der Waals surface area contributed by atoms with Gasteiger partial charge in [-0.3, -0.25) is 9.59 Å². The second-order valence-corrected chi connectivity index (χ2v) is 8.52. The molecular formula is C27H28F5N3O3. The standard InChI is InChI=1S/C19H20F2N2O3.C8H8F3N/c1-12(23(3)11-25)16-5-4-13(10-24)6-18(16)22(2)9-14-7-15(26)8-17(20)19(14)21;1-12-4-6-7(10)2-5(9)3-8(6)11/h4-8,10-12,26H,9H2,1-3H3;2-3,12H,4H2,1H3. The minimum Gasteiger partial charge on any atom is -0.508 e. The molecule has 1 unspecified atom stereocenters. The quantitative estimate of drug-likeness (QED) is 0.294. The van der Waals surface area contributed by atoms with Crippen molar-refractivity contribution < 1.29 is 36.6 Å². The number of carbonyl (C=O) groups excluding carboxylic acids is 2. The normalized spacial score (nSPS) is 11.3. The van der Waals surface area contributed by atoms with E-state index in [-0.39, 0.29) is 36.0 Å². The van der Waals surface area contributed by atoms with Crippen molar-refractivity contribution in [2.24, 2.45) is 0 Å². The molecular weight excluding hydrogens is 509 g/mol. The Morgan fingerprint density at radius 1 is 0.947 bits per heavy atom. The number of amides is 1. The lowest BCUT2D eigenvalue weighted by molar-refractivity contribution is -0.118. The first-order chi connectivity index (χ1) is 17.9. The third kappa shape index (κ3) is 7.51. The summed E-state index contributed by atoms with van der Waals surface area (Å²) in [6.45, 7) is 1.83. The van der Waals surface area contributed by atoms with Gasteiger partial charge >= 0.3 is 0 Å². The molecule has 6 nitrogen and oxygen atoms in total. The highest BCUT2D eigenvalue weighted by molar-refractivity contribution is 5.78. The van der Waals surface area contributed by atoms with Crippen molar-refractivity contribution in [2.45, 2.75) is 26.1 Å². The molecule has 2 N–H and O–H groups in total. The van der Waals surface area contributed by atoms with Gasteiger partial charge in [0.2, 0.25) is 6.41 Å². The van der Waals surface area contributed by atoms with E-state index in [1.165, 1.54) is 4.90 Å². The number of aromatic hydroxyl groups is 1. The van der Waals surface area contributed by atoms with Crippen LogP contribution >= 0.6 is 0 Å². The highest BCUT2D eigenvalue weighted by Crippen LogP contribution is 2.31. The third-order valence-corrected chi connectivity index (χ3v) is 5.78. The zero-order valence-corrected chi connectivity index (χ0v) is 21.2. The van der Waals surface area contributed by atoms with Gasteiger partial charge in [0.25, 0.3) is 0 Å². The predicted molar refractivity (Wildman–Crippen MR) is 133 cm³/mol. The Bertz CT molecular complexity index is 1270. The maximum Gasteiger partial charge on any atom is 0.209 e. The minimum atomic E-state index is -1.13. The van der Waals surface area contributed by atoms with Gasteiger partial charge in [-0.15, -0.1) is 0 Å². The highest BCUT2D eigenvalue weighted by atomic mass is 19.2. The molecule has 11 heteroatoms. The SMILES string of the molecule is CC(c1ccc(C=O)cc1N(C)Cc1cc(O)cc(F)c1F)N(C)C=O.CNCc1c(F)cc(F)cc1F. The smallest absolute Gasteiger partial charge is 0.209 e. The second kappa shape index (κ2) is 13.5. The summed E-state index contributed by atoms with van der Waals surface area (Å²) in [6, 6.07) is 7.86. The molecule has 0 fully saturated rings. The van der Waals surface area contributed by atoms with Crippen molar-refractivity contribution in [2.75, 3.05) is 26.0 Å². The number of hydrogen-bond donors (Lipinski definition) is 2. The first kappa shape index (κ1) is 30.2. The first-order valence-electron chi connectivity index (χ1n) is 11.4. The number of phenols is 1. The molecule has 0 saturated heterocycles. The number of nitrogens with one attached hydrogen (secondary N) is 1. The zero-order valence-electron chi connectivity index (χ0n) is 21.2. The lowest BCUT2D eigenvalue weighted by Gasteiger charge is -2.28. The van der Waals surface area contributed by atoms with Crippen LogP contribution in [-0.4, -0.2) is 43.8 Å². The molecule has 0 aromatic heterocycles. The maximum absolute atomic E-state index is 14.0. The summed E-state index contributed by atoms with van der Waals surface area (Å²) in [6.07, 6.45) is 1.37. The van der Waals surface area contributed by atoms with E-state index in [0.717, 1.165) is 11.6 Å². The lowest BCUT2D eigenvalue weighted by Crippen LogP contribution is -2.25. The van der Waals surface area contributed by atoms with E-state index < -0.39 is 29.1 Å². The van der Waals surface area contributed by atoms with E-state index in [0.29, 0.717) is 42.1 Å². The van der Waals surface area contributed by atoms with Crippen LogP contribution in [0, 0.1) is 29.1 Å². The molecule has 3 rings (SSSR count).